The standard InChI is InChI=1S/C24H27FN4O2/c1-16(2)23-26-24(31-27-23)19-9-10-21(20(25)15-19)28-11-13-29(14-12-28)22(17(3)30)18-7-5-4-6-8-18/h4-10,15-16,22H,11-14H2,1-3H3. The summed E-state index contributed by atoms with van der Waals surface area (Å²) in [6, 6.07) is 14.6. The molecule has 4 rings (SSSR count). The molecule has 3 aromatic rings. The van der Waals surface area contributed by atoms with Crippen LogP contribution in [0.1, 0.15) is 44.1 Å². The predicted molar refractivity (Wildman–Crippen MR) is 117 cm³/mol. The maximum Gasteiger partial charge on any atom is 0.258 e. The van der Waals surface area contributed by atoms with Gasteiger partial charge in [0, 0.05) is 37.7 Å². The molecule has 2 aromatic carbocycles. The van der Waals surface area contributed by atoms with Crippen LogP contribution in [0.15, 0.2) is 53.1 Å². The van der Waals surface area contributed by atoms with Gasteiger partial charge in [-0.2, -0.15) is 4.98 Å². The predicted octanol–water partition coefficient (Wildman–Crippen LogP) is 4.45. The Kier molecular flexibility index (Phi) is 6.13. The van der Waals surface area contributed by atoms with E-state index >= 15 is 0 Å². The summed E-state index contributed by atoms with van der Waals surface area (Å²) in [5.74, 6) is 0.879. The van der Waals surface area contributed by atoms with Crippen molar-refractivity contribution in [3.8, 4) is 11.5 Å². The summed E-state index contributed by atoms with van der Waals surface area (Å²) >= 11 is 0. The average molecular weight is 423 g/mol. The van der Waals surface area contributed by atoms with E-state index in [1.807, 2.05) is 55.1 Å². The van der Waals surface area contributed by atoms with Gasteiger partial charge in [0.15, 0.2) is 11.6 Å². The number of anilines is 1. The van der Waals surface area contributed by atoms with Gasteiger partial charge in [-0.1, -0.05) is 49.3 Å². The fourth-order valence-corrected chi connectivity index (χ4v) is 4.04. The van der Waals surface area contributed by atoms with E-state index in [2.05, 4.69) is 15.0 Å². The highest BCUT2D eigenvalue weighted by Crippen LogP contribution is 2.29. The summed E-state index contributed by atoms with van der Waals surface area (Å²) in [7, 11) is 0. The van der Waals surface area contributed by atoms with Gasteiger partial charge in [0.05, 0.1) is 11.7 Å². The summed E-state index contributed by atoms with van der Waals surface area (Å²) < 4.78 is 20.2. The molecule has 0 aliphatic carbocycles. The van der Waals surface area contributed by atoms with Crippen LogP contribution in [0.4, 0.5) is 10.1 Å². The molecule has 1 unspecified atom stereocenters. The molecule has 0 amide bonds. The molecule has 2 heterocycles. The zero-order valence-electron chi connectivity index (χ0n) is 18.1. The second-order valence-electron chi connectivity index (χ2n) is 8.23. The highest BCUT2D eigenvalue weighted by Gasteiger charge is 2.29. The Hall–Kier alpha value is -3.06. The van der Waals surface area contributed by atoms with E-state index in [0.29, 0.717) is 49.1 Å². The van der Waals surface area contributed by atoms with Gasteiger partial charge in [-0.3, -0.25) is 9.69 Å². The molecule has 7 heteroatoms. The zero-order chi connectivity index (χ0) is 22.0. The lowest BCUT2D eigenvalue weighted by atomic mass is 10.0. The van der Waals surface area contributed by atoms with Crippen LogP contribution < -0.4 is 4.90 Å². The Balaban J connectivity index is 1.46. The number of hydrogen-bond donors (Lipinski definition) is 0. The van der Waals surface area contributed by atoms with Crippen molar-refractivity contribution in [2.45, 2.75) is 32.7 Å². The van der Waals surface area contributed by atoms with E-state index in [4.69, 9.17) is 4.52 Å². The lowest BCUT2D eigenvalue weighted by molar-refractivity contribution is -0.122. The van der Waals surface area contributed by atoms with Gasteiger partial charge in [0.2, 0.25) is 0 Å². The molecule has 162 valence electrons. The number of piperazine rings is 1. The molecule has 1 aliphatic rings. The molecule has 31 heavy (non-hydrogen) atoms. The van der Waals surface area contributed by atoms with Gasteiger partial charge in [-0.25, -0.2) is 4.39 Å². The fourth-order valence-electron chi connectivity index (χ4n) is 4.04. The van der Waals surface area contributed by atoms with Crippen LogP contribution in [0, 0.1) is 5.82 Å². The maximum atomic E-state index is 14.9. The Bertz CT molecular complexity index is 1040. The van der Waals surface area contributed by atoms with Crippen LogP contribution in [0.2, 0.25) is 0 Å². The highest BCUT2D eigenvalue weighted by atomic mass is 19.1. The summed E-state index contributed by atoms with van der Waals surface area (Å²) in [5, 5.41) is 3.95. The third-order valence-corrected chi connectivity index (χ3v) is 5.67. The topological polar surface area (TPSA) is 62.5 Å². The summed E-state index contributed by atoms with van der Waals surface area (Å²) in [6.45, 7) is 8.24. The smallest absolute Gasteiger partial charge is 0.258 e. The number of benzene rings is 2. The van der Waals surface area contributed by atoms with Crippen molar-refractivity contribution in [1.82, 2.24) is 15.0 Å². The molecule has 1 atom stereocenters. The lowest BCUT2D eigenvalue weighted by Gasteiger charge is -2.39. The third-order valence-electron chi connectivity index (χ3n) is 5.67. The van der Waals surface area contributed by atoms with Crippen molar-refractivity contribution in [3.63, 3.8) is 0 Å². The number of carbonyl (C=O) groups excluding carboxylic acids is 1. The molecule has 0 N–H and O–H groups in total. The second-order valence-corrected chi connectivity index (χ2v) is 8.23. The number of carbonyl (C=O) groups is 1. The Morgan fingerprint density at radius 1 is 1.06 bits per heavy atom. The molecule has 0 spiro atoms. The minimum absolute atomic E-state index is 0.121. The molecular weight excluding hydrogens is 395 g/mol. The van der Waals surface area contributed by atoms with E-state index in [1.54, 1.807) is 13.0 Å². The number of halogens is 1. The van der Waals surface area contributed by atoms with Crippen LogP contribution in [-0.4, -0.2) is 47.0 Å². The molecule has 1 saturated heterocycles. The van der Waals surface area contributed by atoms with Crippen molar-refractivity contribution in [2.75, 3.05) is 31.1 Å². The zero-order valence-corrected chi connectivity index (χ0v) is 18.1. The van der Waals surface area contributed by atoms with Crippen LogP contribution in [-0.2, 0) is 4.79 Å². The first-order valence-corrected chi connectivity index (χ1v) is 10.6. The number of aromatic nitrogens is 2. The van der Waals surface area contributed by atoms with Crippen molar-refractivity contribution < 1.29 is 13.7 Å². The van der Waals surface area contributed by atoms with Crippen LogP contribution in [0.3, 0.4) is 0 Å². The third kappa shape index (κ3) is 4.51. The summed E-state index contributed by atoms with van der Waals surface area (Å²) in [6.07, 6.45) is 0. The molecule has 6 nitrogen and oxygen atoms in total. The van der Waals surface area contributed by atoms with Crippen molar-refractivity contribution in [3.05, 3.63) is 65.7 Å². The minimum Gasteiger partial charge on any atom is -0.367 e. The van der Waals surface area contributed by atoms with E-state index in [0.717, 1.165) is 5.56 Å². The largest absolute Gasteiger partial charge is 0.367 e. The molecule has 0 saturated carbocycles. The molecular formula is C24H27FN4O2. The van der Waals surface area contributed by atoms with Gasteiger partial charge < -0.3 is 9.42 Å². The van der Waals surface area contributed by atoms with Crippen LogP contribution in [0.25, 0.3) is 11.5 Å². The molecule has 0 radical (unpaired) electrons. The Morgan fingerprint density at radius 2 is 1.77 bits per heavy atom. The molecule has 1 aromatic heterocycles. The van der Waals surface area contributed by atoms with E-state index < -0.39 is 0 Å². The normalized spacial score (nSPS) is 16.0. The van der Waals surface area contributed by atoms with Crippen LogP contribution in [0.5, 0.6) is 0 Å². The molecule has 1 aliphatic heterocycles. The summed E-state index contributed by atoms with van der Waals surface area (Å²) in [5.41, 5.74) is 2.12. The Morgan fingerprint density at radius 3 is 2.35 bits per heavy atom. The SMILES string of the molecule is CC(=O)C(c1ccccc1)N1CCN(c2ccc(-c3nc(C(C)C)no3)cc2F)CC1. The Labute approximate surface area is 181 Å². The number of rotatable bonds is 6. The first-order valence-electron chi connectivity index (χ1n) is 10.6. The van der Waals surface area contributed by atoms with Crippen molar-refractivity contribution in [1.29, 1.82) is 0 Å². The number of hydrogen-bond acceptors (Lipinski definition) is 6. The second kappa shape index (κ2) is 8.98. The monoisotopic (exact) mass is 422 g/mol. The summed E-state index contributed by atoms with van der Waals surface area (Å²) in [4.78, 5) is 20.9. The molecule has 0 bridgehead atoms. The van der Waals surface area contributed by atoms with Gasteiger partial charge in [-0.05, 0) is 30.7 Å². The maximum absolute atomic E-state index is 14.9. The lowest BCUT2D eigenvalue weighted by Crippen LogP contribution is -2.49. The van der Waals surface area contributed by atoms with E-state index in [-0.39, 0.29) is 23.6 Å². The highest BCUT2D eigenvalue weighted by molar-refractivity contribution is 5.83. The first-order chi connectivity index (χ1) is 14.9. The van der Waals surface area contributed by atoms with E-state index in [9.17, 15) is 9.18 Å². The fraction of sp³-hybridized carbons (Fsp3) is 0.375. The van der Waals surface area contributed by atoms with Gasteiger partial charge >= 0.3 is 0 Å². The van der Waals surface area contributed by atoms with Crippen LogP contribution >= 0.6 is 0 Å². The first kappa shape index (κ1) is 21.2. The average Bonchev–Trinajstić information content (AvgIpc) is 3.26. The van der Waals surface area contributed by atoms with E-state index in [1.165, 1.54) is 6.07 Å². The van der Waals surface area contributed by atoms with Crippen molar-refractivity contribution >= 4 is 11.5 Å². The van der Waals surface area contributed by atoms with Crippen molar-refractivity contribution in [2.24, 2.45) is 0 Å². The number of nitrogens with zero attached hydrogens (tertiary/aromatic N) is 4. The number of ketones is 1. The van der Waals surface area contributed by atoms with Gasteiger partial charge in [0.25, 0.3) is 5.89 Å². The quantitative estimate of drug-likeness (QED) is 0.585. The molecule has 1 fully saturated rings. The van der Waals surface area contributed by atoms with Gasteiger partial charge in [-0.15, -0.1) is 0 Å². The van der Waals surface area contributed by atoms with Gasteiger partial charge in [0.1, 0.15) is 5.82 Å². The minimum atomic E-state index is -0.318. The number of Topliss-reactive ketones (excluding diaryl/α,β-unsaturated/α-hetero) is 1.